The Morgan fingerprint density at radius 1 is 1.19 bits per heavy atom. The maximum Gasteiger partial charge on any atom is 0.425 e. The number of hydrogen-bond donors (Lipinski definition) is 0. The Labute approximate surface area is 175 Å². The van der Waals surface area contributed by atoms with Crippen LogP contribution in [0.25, 0.3) is 0 Å². The predicted octanol–water partition coefficient (Wildman–Crippen LogP) is 3.94. The van der Waals surface area contributed by atoms with Gasteiger partial charge in [-0.15, -0.1) is 0 Å². The standard InChI is InChI=1S/C21H18F4N2O4/c1-12(21(23,24)25)30-17-8-3-13(9-26)19(29-2)18(17)20(28)27-10-16(11-27)31-15-6-4-14(22)5-7-15/h3-8,12,16H,10-11H2,1-2H3. The third kappa shape index (κ3) is 4.82. The summed E-state index contributed by atoms with van der Waals surface area (Å²) < 4.78 is 67.7. The maximum atomic E-state index is 13.0. The SMILES string of the molecule is COc1c(C#N)ccc(OC(C)C(F)(F)F)c1C(=O)N1CC(Oc2ccc(F)cc2)C1. The Morgan fingerprint density at radius 2 is 1.84 bits per heavy atom. The lowest BCUT2D eigenvalue weighted by atomic mass is 10.0. The van der Waals surface area contributed by atoms with Crippen LogP contribution in [0.4, 0.5) is 17.6 Å². The van der Waals surface area contributed by atoms with Gasteiger partial charge in [-0.25, -0.2) is 4.39 Å². The molecular formula is C21H18F4N2O4. The number of carbonyl (C=O) groups is 1. The lowest BCUT2D eigenvalue weighted by Gasteiger charge is -2.39. The summed E-state index contributed by atoms with van der Waals surface area (Å²) in [5, 5.41) is 9.27. The highest BCUT2D eigenvalue weighted by atomic mass is 19.4. The number of nitriles is 1. The molecule has 10 heteroatoms. The van der Waals surface area contributed by atoms with Crippen LogP contribution < -0.4 is 14.2 Å². The maximum absolute atomic E-state index is 13.0. The molecule has 1 amide bonds. The van der Waals surface area contributed by atoms with Gasteiger partial charge in [-0.2, -0.15) is 18.4 Å². The van der Waals surface area contributed by atoms with Gasteiger partial charge in [-0.1, -0.05) is 0 Å². The zero-order valence-corrected chi connectivity index (χ0v) is 16.6. The largest absolute Gasteiger partial charge is 0.494 e. The zero-order chi connectivity index (χ0) is 22.8. The van der Waals surface area contributed by atoms with Crippen molar-refractivity contribution >= 4 is 5.91 Å². The fraction of sp³-hybridized carbons (Fsp3) is 0.333. The summed E-state index contributed by atoms with van der Waals surface area (Å²) in [5.41, 5.74) is -0.282. The van der Waals surface area contributed by atoms with E-state index in [9.17, 15) is 27.6 Å². The summed E-state index contributed by atoms with van der Waals surface area (Å²) >= 11 is 0. The summed E-state index contributed by atoms with van der Waals surface area (Å²) in [7, 11) is 1.21. The second-order valence-electron chi connectivity index (χ2n) is 6.84. The Kier molecular flexibility index (Phi) is 6.24. The van der Waals surface area contributed by atoms with E-state index in [0.29, 0.717) is 5.75 Å². The smallest absolute Gasteiger partial charge is 0.425 e. The van der Waals surface area contributed by atoms with E-state index in [0.717, 1.165) is 13.0 Å². The molecule has 6 nitrogen and oxygen atoms in total. The third-order valence-electron chi connectivity index (χ3n) is 4.67. The minimum absolute atomic E-state index is 0.0162. The van der Waals surface area contributed by atoms with Gasteiger partial charge in [0, 0.05) is 0 Å². The number of halogens is 4. The van der Waals surface area contributed by atoms with E-state index in [-0.39, 0.29) is 41.8 Å². The first-order chi connectivity index (χ1) is 14.6. The van der Waals surface area contributed by atoms with Crippen molar-refractivity contribution in [3.8, 4) is 23.3 Å². The van der Waals surface area contributed by atoms with Crippen molar-refractivity contribution < 1.29 is 36.6 Å². The summed E-state index contributed by atoms with van der Waals surface area (Å²) in [5.74, 6) is -1.15. The number of hydrogen-bond acceptors (Lipinski definition) is 5. The minimum atomic E-state index is -4.65. The van der Waals surface area contributed by atoms with E-state index in [2.05, 4.69) is 0 Å². The number of rotatable bonds is 6. The molecule has 1 unspecified atom stereocenters. The molecule has 31 heavy (non-hydrogen) atoms. The molecule has 1 fully saturated rings. The number of alkyl halides is 3. The molecule has 1 saturated heterocycles. The molecule has 0 aliphatic carbocycles. The van der Waals surface area contributed by atoms with Gasteiger partial charge in [0.2, 0.25) is 0 Å². The fourth-order valence-corrected chi connectivity index (χ4v) is 2.96. The quantitative estimate of drug-likeness (QED) is 0.639. The topological polar surface area (TPSA) is 71.8 Å². The van der Waals surface area contributed by atoms with Crippen LogP contribution in [0.3, 0.4) is 0 Å². The van der Waals surface area contributed by atoms with E-state index >= 15 is 0 Å². The number of ether oxygens (including phenoxy) is 3. The summed E-state index contributed by atoms with van der Waals surface area (Å²) in [6.45, 7) is 1.10. The highest BCUT2D eigenvalue weighted by molar-refractivity contribution is 6.01. The van der Waals surface area contributed by atoms with Crippen molar-refractivity contribution in [1.29, 1.82) is 5.26 Å². The van der Waals surface area contributed by atoms with Gasteiger partial charge >= 0.3 is 6.18 Å². The van der Waals surface area contributed by atoms with Gasteiger partial charge < -0.3 is 19.1 Å². The first-order valence-corrected chi connectivity index (χ1v) is 9.20. The highest BCUT2D eigenvalue weighted by Gasteiger charge is 2.40. The normalized spacial score (nSPS) is 14.9. The molecule has 2 aromatic carbocycles. The van der Waals surface area contributed by atoms with Crippen molar-refractivity contribution in [2.75, 3.05) is 20.2 Å². The van der Waals surface area contributed by atoms with Crippen molar-refractivity contribution in [2.45, 2.75) is 25.3 Å². The summed E-state index contributed by atoms with van der Waals surface area (Å²) in [6, 6.07) is 9.58. The number of benzene rings is 2. The van der Waals surface area contributed by atoms with E-state index in [1.807, 2.05) is 6.07 Å². The van der Waals surface area contributed by atoms with Gasteiger partial charge in [-0.05, 0) is 43.3 Å². The Morgan fingerprint density at radius 3 is 2.39 bits per heavy atom. The second-order valence-corrected chi connectivity index (χ2v) is 6.84. The van der Waals surface area contributed by atoms with Gasteiger partial charge in [-0.3, -0.25) is 4.79 Å². The van der Waals surface area contributed by atoms with Crippen LogP contribution in [0, 0.1) is 17.1 Å². The number of methoxy groups -OCH3 is 1. The molecule has 3 rings (SSSR count). The van der Waals surface area contributed by atoms with Crippen LogP contribution in [-0.4, -0.2) is 49.4 Å². The van der Waals surface area contributed by atoms with Crippen molar-refractivity contribution in [2.24, 2.45) is 0 Å². The van der Waals surface area contributed by atoms with Crippen molar-refractivity contribution in [3.63, 3.8) is 0 Å². The van der Waals surface area contributed by atoms with Gasteiger partial charge in [0.05, 0.1) is 25.8 Å². The lowest BCUT2D eigenvalue weighted by molar-refractivity contribution is -0.189. The van der Waals surface area contributed by atoms with Gasteiger partial charge in [0.1, 0.15) is 35.1 Å². The summed E-state index contributed by atoms with van der Waals surface area (Å²) in [6.07, 6.45) is -7.20. The average Bonchev–Trinajstić information content (AvgIpc) is 2.70. The monoisotopic (exact) mass is 438 g/mol. The minimum Gasteiger partial charge on any atom is -0.494 e. The third-order valence-corrected chi connectivity index (χ3v) is 4.67. The number of amides is 1. The molecule has 2 aromatic rings. The molecule has 0 aromatic heterocycles. The second kappa shape index (κ2) is 8.71. The zero-order valence-electron chi connectivity index (χ0n) is 16.6. The molecule has 0 bridgehead atoms. The van der Waals surface area contributed by atoms with Crippen LogP contribution in [-0.2, 0) is 0 Å². The predicted molar refractivity (Wildman–Crippen MR) is 101 cm³/mol. The average molecular weight is 438 g/mol. The number of carbonyl (C=O) groups excluding carboxylic acids is 1. The molecule has 1 atom stereocenters. The van der Waals surface area contributed by atoms with E-state index in [1.54, 1.807) is 0 Å². The molecule has 1 aliphatic heterocycles. The highest BCUT2D eigenvalue weighted by Crippen LogP contribution is 2.36. The van der Waals surface area contributed by atoms with Crippen molar-refractivity contribution in [3.05, 3.63) is 53.3 Å². The van der Waals surface area contributed by atoms with E-state index < -0.39 is 24.0 Å². The molecule has 0 saturated carbocycles. The number of likely N-dealkylation sites (tertiary alicyclic amines) is 1. The molecule has 164 valence electrons. The lowest BCUT2D eigenvalue weighted by Crippen LogP contribution is -2.56. The van der Waals surface area contributed by atoms with E-state index in [1.165, 1.54) is 42.3 Å². The molecule has 0 radical (unpaired) electrons. The van der Waals surface area contributed by atoms with Crippen LogP contribution >= 0.6 is 0 Å². The molecule has 1 heterocycles. The first-order valence-electron chi connectivity index (χ1n) is 9.20. The van der Waals surface area contributed by atoms with Gasteiger partial charge in [0.25, 0.3) is 5.91 Å². The molecular weight excluding hydrogens is 420 g/mol. The van der Waals surface area contributed by atoms with Crippen molar-refractivity contribution in [1.82, 2.24) is 4.90 Å². The molecule has 1 aliphatic rings. The Bertz CT molecular complexity index is 996. The van der Waals surface area contributed by atoms with E-state index in [4.69, 9.17) is 14.2 Å². The Balaban J connectivity index is 1.80. The number of nitrogens with zero attached hydrogens (tertiary/aromatic N) is 2. The Hall–Kier alpha value is -3.48. The molecule has 0 N–H and O–H groups in total. The summed E-state index contributed by atoms with van der Waals surface area (Å²) in [4.78, 5) is 14.4. The first kappa shape index (κ1) is 22.2. The van der Waals surface area contributed by atoms with Crippen LogP contribution in [0.1, 0.15) is 22.8 Å². The van der Waals surface area contributed by atoms with Crippen LogP contribution in [0.2, 0.25) is 0 Å². The van der Waals surface area contributed by atoms with Crippen LogP contribution in [0.15, 0.2) is 36.4 Å². The van der Waals surface area contributed by atoms with Gasteiger partial charge in [0.15, 0.2) is 11.9 Å². The fourth-order valence-electron chi connectivity index (χ4n) is 2.96. The van der Waals surface area contributed by atoms with Crippen LogP contribution in [0.5, 0.6) is 17.2 Å². The molecule has 0 spiro atoms.